The summed E-state index contributed by atoms with van der Waals surface area (Å²) >= 11 is 6.56. The minimum atomic E-state index is -3.20. The first-order valence-corrected chi connectivity index (χ1v) is 40.9. The van der Waals surface area contributed by atoms with Gasteiger partial charge in [-0.2, -0.15) is 0 Å². The van der Waals surface area contributed by atoms with Gasteiger partial charge in [-0.25, -0.2) is 53.1 Å². The maximum atomic E-state index is 11.9. The standard InChI is InChI=1S/C27H30N4O3S.C26H27ClN4O3S.C26H28N4O3S/c1-18-7-6-8-20-17-25(19(2)29-24-11-14-28-23-10-5-4-9-22(23)24)30-27(26(18)20)34-21-12-15-31(16-13-21)35(3,32)33;1-17(29-23-10-13-28-22-9-4-3-7-20(22)23)24-16-18-6-5-8-21(27)25(18)26(30-24)34-19-11-14-31(15-12-19)35(2,32)33;1-18(28-24-11-14-27-23-10-6-5-9-22(23)24)25-17-19-7-3-4-8-21(19)26(29-25)33-20-12-15-30(16-13-20)34(2,31)32/h4-11,14,17,19,21H,12-13,15-16H2,1-3H3,(H,28,29);3-10,13,16-17,19H,11-12,14-15H2,1-2H3,(H,28,29);3-11,14,17-18,20H,12-13,15-16H2,1-2H3,(H,27,28)/t19-;17-;18-/m000/s1. The number of halogens is 1. The summed E-state index contributed by atoms with van der Waals surface area (Å²) in [6, 6.07) is 56.0. The highest BCUT2D eigenvalue weighted by atomic mass is 35.5. The normalized spacial score (nSPS) is 16.5. The van der Waals surface area contributed by atoms with Crippen LogP contribution in [0, 0.1) is 6.92 Å². The number of rotatable bonds is 18. The zero-order valence-electron chi connectivity index (χ0n) is 59.1. The lowest BCUT2D eigenvalue weighted by atomic mass is 10.0. The van der Waals surface area contributed by atoms with Crippen LogP contribution in [0.5, 0.6) is 17.6 Å². The van der Waals surface area contributed by atoms with E-state index in [2.05, 4.69) is 101 Å². The molecule has 3 saturated heterocycles. The fourth-order valence-electron chi connectivity index (χ4n) is 13.7. The van der Waals surface area contributed by atoms with Gasteiger partial charge in [-0.05, 0) is 155 Å². The molecule has 3 aliphatic rings. The Morgan fingerprint density at radius 1 is 0.394 bits per heavy atom. The number of piperidine rings is 3. The van der Waals surface area contributed by atoms with Crippen molar-refractivity contribution in [1.82, 2.24) is 42.8 Å². The fraction of sp³-hybridized carbons (Fsp3) is 0.316. The Morgan fingerprint density at radius 3 is 1.12 bits per heavy atom. The summed E-state index contributed by atoms with van der Waals surface area (Å²) in [7, 11) is -9.55. The van der Waals surface area contributed by atoms with Gasteiger partial charge in [0, 0.05) is 102 Å². The first kappa shape index (κ1) is 72.9. The van der Waals surface area contributed by atoms with Crippen LogP contribution in [0.1, 0.15) is 100 Å². The molecule has 6 aromatic carbocycles. The molecular weight excluding hydrogens is 1390 g/mol. The van der Waals surface area contributed by atoms with Crippen LogP contribution < -0.4 is 30.2 Å². The molecule has 0 unspecified atom stereocenters. The van der Waals surface area contributed by atoms with Crippen molar-refractivity contribution in [1.29, 1.82) is 0 Å². The number of hydrogen-bond donors (Lipinski definition) is 3. The highest BCUT2D eigenvalue weighted by molar-refractivity contribution is 7.88. The number of pyridine rings is 6. The van der Waals surface area contributed by atoms with Crippen molar-refractivity contribution >= 4 is 124 Å². The quantitative estimate of drug-likeness (QED) is 0.0722. The fourth-order valence-corrected chi connectivity index (χ4v) is 16.6. The van der Waals surface area contributed by atoms with Crippen LogP contribution in [0.4, 0.5) is 17.1 Å². The molecular formula is C79H85ClN12O9S3. The molecule has 21 nitrogen and oxygen atoms in total. The Bertz CT molecular complexity index is 5230. The summed E-state index contributed by atoms with van der Waals surface area (Å²) in [6.45, 7) is 11.0. The topological polar surface area (TPSA) is 253 Å². The van der Waals surface area contributed by atoms with Gasteiger partial charge in [0.15, 0.2) is 0 Å². The van der Waals surface area contributed by atoms with Crippen LogP contribution in [0.15, 0.2) is 188 Å². The Kier molecular flexibility index (Phi) is 22.1. The number of ether oxygens (including phenoxy) is 3. The number of aromatic nitrogens is 6. The van der Waals surface area contributed by atoms with Crippen molar-refractivity contribution in [2.45, 2.75) is 103 Å². The Balaban J connectivity index is 0.000000139. The SMILES string of the molecule is C[C@H](Nc1ccnc2ccccc12)c1cc2cccc(Cl)c2c(OC2CCN(S(C)(=O)=O)CC2)n1.C[C@H](Nc1ccnc2ccccc12)c1cc2ccccc2c(OC2CCN(S(C)(=O)=O)CC2)n1.Cc1cccc2cc([C@H](C)Nc3ccnc4ccccc34)nc(OC3CCN(S(C)(=O)=O)CC3)c12. The molecule has 6 aromatic heterocycles. The second-order valence-corrected chi connectivity index (χ2v) is 33.3. The predicted molar refractivity (Wildman–Crippen MR) is 417 cm³/mol. The zero-order valence-corrected chi connectivity index (χ0v) is 62.4. The third kappa shape index (κ3) is 17.2. The molecule has 3 N–H and O–H groups in total. The molecule has 3 atom stereocenters. The van der Waals surface area contributed by atoms with Crippen molar-refractivity contribution in [3.05, 3.63) is 216 Å². The third-order valence-corrected chi connectivity index (χ3v) is 23.6. The molecule has 3 fully saturated rings. The lowest BCUT2D eigenvalue weighted by Crippen LogP contribution is -2.41. The van der Waals surface area contributed by atoms with Crippen LogP contribution >= 0.6 is 11.6 Å². The van der Waals surface area contributed by atoms with E-state index in [1.54, 1.807) is 6.20 Å². The molecule has 12 aromatic rings. The van der Waals surface area contributed by atoms with E-state index in [1.165, 1.54) is 31.7 Å². The average Bonchev–Trinajstić information content (AvgIpc) is 0.776. The molecule has 0 radical (unpaired) electrons. The first-order valence-electron chi connectivity index (χ1n) is 35.0. The highest BCUT2D eigenvalue weighted by Gasteiger charge is 2.31. The van der Waals surface area contributed by atoms with Crippen molar-refractivity contribution in [3.63, 3.8) is 0 Å². The van der Waals surface area contributed by atoms with E-state index in [-0.39, 0.29) is 36.4 Å². The van der Waals surface area contributed by atoms with Gasteiger partial charge in [0.1, 0.15) is 18.3 Å². The second-order valence-electron chi connectivity index (χ2n) is 27.0. The van der Waals surface area contributed by atoms with E-state index in [1.807, 2.05) is 140 Å². The van der Waals surface area contributed by atoms with Crippen molar-refractivity contribution < 1.29 is 39.5 Å². The number of benzene rings is 6. The van der Waals surface area contributed by atoms with Gasteiger partial charge in [-0.1, -0.05) is 115 Å². The van der Waals surface area contributed by atoms with Gasteiger partial charge in [0.2, 0.25) is 47.7 Å². The largest absolute Gasteiger partial charge is 0.474 e. The van der Waals surface area contributed by atoms with Crippen LogP contribution in [-0.4, -0.2) is 144 Å². The van der Waals surface area contributed by atoms with Gasteiger partial charge >= 0.3 is 0 Å². The monoisotopic (exact) mass is 1480 g/mol. The number of fused-ring (bicyclic) bond motifs is 6. The van der Waals surface area contributed by atoms with Gasteiger partial charge in [0.05, 0.1) is 80.9 Å². The van der Waals surface area contributed by atoms with Gasteiger partial charge in [-0.3, -0.25) is 15.0 Å². The van der Waals surface area contributed by atoms with Crippen molar-refractivity contribution in [2.75, 3.05) is 74.0 Å². The average molecular weight is 1480 g/mol. The first-order chi connectivity index (χ1) is 50.0. The lowest BCUT2D eigenvalue weighted by molar-refractivity contribution is 0.131. The minimum absolute atomic E-state index is 0.0650. The number of aryl methyl sites for hydroxylation is 1. The Morgan fingerprint density at radius 2 is 0.712 bits per heavy atom. The van der Waals surface area contributed by atoms with Crippen LogP contribution in [0.25, 0.3) is 65.0 Å². The van der Waals surface area contributed by atoms with Gasteiger partial charge in [-0.15, -0.1) is 0 Å². The Hall–Kier alpha value is -9.40. The predicted octanol–water partition coefficient (Wildman–Crippen LogP) is 15.2. The summed E-state index contributed by atoms with van der Waals surface area (Å²) in [5.41, 5.74) is 9.48. The summed E-state index contributed by atoms with van der Waals surface area (Å²) in [4.78, 5) is 28.1. The van der Waals surface area contributed by atoms with E-state index in [4.69, 9.17) is 40.8 Å². The lowest BCUT2D eigenvalue weighted by Gasteiger charge is -2.30. The van der Waals surface area contributed by atoms with E-state index in [0.29, 0.717) is 100 Å². The van der Waals surface area contributed by atoms with Crippen molar-refractivity contribution in [2.24, 2.45) is 0 Å². The number of sulfonamides is 3. The number of anilines is 3. The number of nitrogens with zero attached hydrogens (tertiary/aromatic N) is 9. The van der Waals surface area contributed by atoms with E-state index in [9.17, 15) is 25.3 Å². The maximum absolute atomic E-state index is 11.9. The zero-order chi connectivity index (χ0) is 72.9. The summed E-state index contributed by atoms with van der Waals surface area (Å²) in [6.07, 6.45) is 12.7. The number of para-hydroxylation sites is 3. The molecule has 3 aliphatic heterocycles. The third-order valence-electron chi connectivity index (χ3n) is 19.4. The molecule has 0 spiro atoms. The van der Waals surface area contributed by atoms with Crippen LogP contribution in [-0.2, 0) is 30.1 Å². The molecule has 0 aliphatic carbocycles. The molecule has 540 valence electrons. The smallest absolute Gasteiger partial charge is 0.223 e. The molecule has 0 saturated carbocycles. The number of hydrogen-bond acceptors (Lipinski definition) is 18. The maximum Gasteiger partial charge on any atom is 0.223 e. The number of nitrogens with one attached hydrogen (secondary N) is 3. The van der Waals surface area contributed by atoms with Gasteiger partial charge in [0.25, 0.3) is 0 Å². The summed E-state index contributed by atoms with van der Waals surface area (Å²) < 4.78 is 94.9. The van der Waals surface area contributed by atoms with E-state index in [0.717, 1.165) is 105 Å². The van der Waals surface area contributed by atoms with Crippen molar-refractivity contribution in [3.8, 4) is 17.6 Å². The van der Waals surface area contributed by atoms with E-state index >= 15 is 0 Å². The highest BCUT2D eigenvalue weighted by Crippen LogP contribution is 2.39. The molecule has 9 heterocycles. The second kappa shape index (κ2) is 31.5. The van der Waals surface area contributed by atoms with Crippen LogP contribution in [0.3, 0.4) is 0 Å². The molecule has 25 heteroatoms. The molecule has 0 amide bonds. The van der Waals surface area contributed by atoms with Crippen LogP contribution in [0.2, 0.25) is 5.02 Å². The van der Waals surface area contributed by atoms with E-state index < -0.39 is 30.1 Å². The molecule has 104 heavy (non-hydrogen) atoms. The summed E-state index contributed by atoms with van der Waals surface area (Å²) in [5.74, 6) is 1.69. The Labute approximate surface area is 612 Å². The molecule has 15 rings (SSSR count). The van der Waals surface area contributed by atoms with Gasteiger partial charge < -0.3 is 30.2 Å². The molecule has 0 bridgehead atoms. The summed E-state index contributed by atoms with van der Waals surface area (Å²) in [5, 5.41) is 20.3. The minimum Gasteiger partial charge on any atom is -0.474 e.